The zero-order valence-corrected chi connectivity index (χ0v) is 13.8. The number of rotatable bonds is 3. The van der Waals surface area contributed by atoms with Crippen LogP contribution < -0.4 is 0 Å². The van der Waals surface area contributed by atoms with Crippen LogP contribution in [0.1, 0.15) is 64.2 Å². The number of nitrogens with zero attached hydrogens (tertiary/aromatic N) is 1. The van der Waals surface area contributed by atoms with Gasteiger partial charge in [0.05, 0.1) is 0 Å². The summed E-state index contributed by atoms with van der Waals surface area (Å²) in [6, 6.07) is 7.02. The molecule has 1 aromatic carbocycles. The normalized spacial score (nSPS) is 13.0. The molecule has 1 aromatic rings. The topological polar surface area (TPSA) is 3.24 Å². The fraction of sp³-hybridized carbons (Fsp3) is 0.556. The van der Waals surface area contributed by atoms with Crippen molar-refractivity contribution in [3.8, 4) is 0 Å². The summed E-state index contributed by atoms with van der Waals surface area (Å²) in [6.45, 7) is 13.5. The maximum absolute atomic E-state index is 2.36. The van der Waals surface area contributed by atoms with Gasteiger partial charge in [0, 0.05) is 20.3 Å². The van der Waals surface area contributed by atoms with Gasteiger partial charge < -0.3 is 4.90 Å². The molecule has 0 fully saturated rings. The lowest BCUT2D eigenvalue weighted by Gasteiger charge is -2.23. The van der Waals surface area contributed by atoms with E-state index in [-0.39, 0.29) is 5.41 Å². The molecule has 19 heavy (non-hydrogen) atoms. The molecule has 0 amide bonds. The van der Waals surface area contributed by atoms with E-state index in [1.165, 1.54) is 22.3 Å². The molecule has 0 saturated heterocycles. The minimum absolute atomic E-state index is 0.193. The molecule has 0 radical (unpaired) electrons. The Morgan fingerprint density at radius 2 is 1.68 bits per heavy atom. The Balaban J connectivity index is 3.37. The van der Waals surface area contributed by atoms with Crippen LogP contribution in [0.2, 0.25) is 0 Å². The third-order valence-electron chi connectivity index (χ3n) is 3.40. The second-order valence-corrected chi connectivity index (χ2v) is 7.02. The second-order valence-electron chi connectivity index (χ2n) is 7.02. The Kier molecular flexibility index (Phi) is 4.84. The molecule has 0 N–H and O–H groups in total. The largest absolute Gasteiger partial charge is 0.383 e. The molecule has 0 atom stereocenters. The van der Waals surface area contributed by atoms with Gasteiger partial charge in [-0.1, -0.05) is 52.8 Å². The summed E-state index contributed by atoms with van der Waals surface area (Å²) in [7, 11) is 4.14. The number of hydrogen-bond donors (Lipinski definition) is 0. The fourth-order valence-corrected chi connectivity index (χ4v) is 2.11. The van der Waals surface area contributed by atoms with E-state index in [0.29, 0.717) is 5.92 Å². The number of hydrogen-bond acceptors (Lipinski definition) is 1. The van der Waals surface area contributed by atoms with Gasteiger partial charge >= 0.3 is 0 Å². The molecular formula is C18H29N. The van der Waals surface area contributed by atoms with E-state index in [1.54, 1.807) is 0 Å². The van der Waals surface area contributed by atoms with Crippen LogP contribution in [-0.2, 0) is 5.41 Å². The molecule has 1 heteroatoms. The SMILES string of the molecule is C/C(=C/N(C)C)c1cc(C(C)C)cc(C(C)(C)C)c1. The first-order chi connectivity index (χ1) is 8.61. The van der Waals surface area contributed by atoms with E-state index in [2.05, 4.69) is 84.9 Å². The van der Waals surface area contributed by atoms with Crippen LogP contribution in [-0.4, -0.2) is 19.0 Å². The van der Waals surface area contributed by atoms with Crippen LogP contribution in [0.3, 0.4) is 0 Å². The molecule has 0 heterocycles. The zero-order valence-electron chi connectivity index (χ0n) is 13.8. The maximum atomic E-state index is 2.36. The van der Waals surface area contributed by atoms with Gasteiger partial charge in [-0.25, -0.2) is 0 Å². The summed E-state index contributed by atoms with van der Waals surface area (Å²) >= 11 is 0. The van der Waals surface area contributed by atoms with Crippen LogP contribution >= 0.6 is 0 Å². The van der Waals surface area contributed by atoms with Gasteiger partial charge in [-0.05, 0) is 40.5 Å². The lowest BCUT2D eigenvalue weighted by atomic mass is 9.83. The highest BCUT2D eigenvalue weighted by atomic mass is 15.0. The van der Waals surface area contributed by atoms with Gasteiger partial charge in [0.25, 0.3) is 0 Å². The zero-order chi connectivity index (χ0) is 14.8. The third-order valence-corrected chi connectivity index (χ3v) is 3.40. The van der Waals surface area contributed by atoms with Gasteiger partial charge in [0.15, 0.2) is 0 Å². The molecule has 0 aromatic heterocycles. The van der Waals surface area contributed by atoms with Crippen LogP contribution in [0.15, 0.2) is 24.4 Å². The molecular weight excluding hydrogens is 230 g/mol. The first-order valence-electron chi connectivity index (χ1n) is 7.12. The Morgan fingerprint density at radius 1 is 1.11 bits per heavy atom. The lowest BCUT2D eigenvalue weighted by Crippen LogP contribution is -2.12. The van der Waals surface area contributed by atoms with Gasteiger partial charge in [0.2, 0.25) is 0 Å². The molecule has 0 bridgehead atoms. The lowest BCUT2D eigenvalue weighted by molar-refractivity contribution is 0.565. The van der Waals surface area contributed by atoms with E-state index < -0.39 is 0 Å². The third kappa shape index (κ3) is 4.41. The Bertz CT molecular complexity index is 459. The van der Waals surface area contributed by atoms with Crippen molar-refractivity contribution in [2.45, 2.75) is 52.9 Å². The van der Waals surface area contributed by atoms with Crippen molar-refractivity contribution in [1.82, 2.24) is 4.90 Å². The molecule has 0 aliphatic heterocycles. The van der Waals surface area contributed by atoms with Crippen molar-refractivity contribution >= 4 is 5.57 Å². The summed E-state index contributed by atoms with van der Waals surface area (Å²) < 4.78 is 0. The highest BCUT2D eigenvalue weighted by Crippen LogP contribution is 2.30. The quantitative estimate of drug-likeness (QED) is 0.736. The van der Waals surface area contributed by atoms with Gasteiger partial charge in [-0.3, -0.25) is 0 Å². The Hall–Kier alpha value is -1.24. The molecule has 106 valence electrons. The van der Waals surface area contributed by atoms with Gasteiger partial charge in [-0.2, -0.15) is 0 Å². The van der Waals surface area contributed by atoms with Crippen molar-refractivity contribution in [1.29, 1.82) is 0 Å². The predicted molar refractivity (Wildman–Crippen MR) is 86.6 cm³/mol. The average molecular weight is 259 g/mol. The van der Waals surface area contributed by atoms with Gasteiger partial charge in [0.1, 0.15) is 0 Å². The summed E-state index contributed by atoms with van der Waals surface area (Å²) in [5.74, 6) is 0.563. The average Bonchev–Trinajstić information content (AvgIpc) is 2.26. The standard InChI is InChI=1S/C18H29N/c1-13(2)15-9-16(14(3)12-19(7)8)11-17(10-15)18(4,5)6/h9-13H,1-8H3/b14-12-. The van der Waals surface area contributed by atoms with Crippen LogP contribution in [0, 0.1) is 0 Å². The molecule has 1 nitrogen and oxygen atoms in total. The highest BCUT2D eigenvalue weighted by molar-refractivity contribution is 5.65. The molecule has 1 rings (SSSR count). The van der Waals surface area contributed by atoms with Crippen LogP contribution in [0.5, 0.6) is 0 Å². The molecule has 0 unspecified atom stereocenters. The monoisotopic (exact) mass is 259 g/mol. The van der Waals surface area contributed by atoms with E-state index in [9.17, 15) is 0 Å². The number of benzene rings is 1. The molecule has 0 saturated carbocycles. The second kappa shape index (κ2) is 5.81. The van der Waals surface area contributed by atoms with Crippen molar-refractivity contribution in [3.63, 3.8) is 0 Å². The summed E-state index contributed by atoms with van der Waals surface area (Å²) in [6.07, 6.45) is 2.19. The van der Waals surface area contributed by atoms with E-state index in [4.69, 9.17) is 0 Å². The Labute approximate surface area is 119 Å². The Morgan fingerprint density at radius 3 is 2.11 bits per heavy atom. The molecule has 0 aliphatic carbocycles. The summed E-state index contributed by atoms with van der Waals surface area (Å²) in [5.41, 5.74) is 5.69. The molecule has 0 aliphatic rings. The predicted octanol–water partition coefficient (Wildman–Crippen LogP) is 5.03. The van der Waals surface area contributed by atoms with Crippen molar-refractivity contribution in [3.05, 3.63) is 41.1 Å². The molecule has 0 spiro atoms. The van der Waals surface area contributed by atoms with Gasteiger partial charge in [-0.15, -0.1) is 0 Å². The van der Waals surface area contributed by atoms with Crippen LogP contribution in [0.4, 0.5) is 0 Å². The van der Waals surface area contributed by atoms with E-state index in [1.807, 2.05) is 0 Å². The van der Waals surface area contributed by atoms with Crippen LogP contribution in [0.25, 0.3) is 5.57 Å². The first-order valence-corrected chi connectivity index (χ1v) is 7.12. The highest BCUT2D eigenvalue weighted by Gasteiger charge is 2.16. The van der Waals surface area contributed by atoms with E-state index >= 15 is 0 Å². The van der Waals surface area contributed by atoms with Crippen molar-refractivity contribution < 1.29 is 0 Å². The fourth-order valence-electron chi connectivity index (χ4n) is 2.11. The van der Waals surface area contributed by atoms with Crippen molar-refractivity contribution in [2.24, 2.45) is 0 Å². The summed E-state index contributed by atoms with van der Waals surface area (Å²) in [5, 5.41) is 0. The maximum Gasteiger partial charge on any atom is 0.00557 e. The smallest absolute Gasteiger partial charge is 0.00557 e. The van der Waals surface area contributed by atoms with E-state index in [0.717, 1.165) is 0 Å². The van der Waals surface area contributed by atoms with Crippen molar-refractivity contribution in [2.75, 3.05) is 14.1 Å². The minimum atomic E-state index is 0.193. The summed E-state index contributed by atoms with van der Waals surface area (Å²) in [4.78, 5) is 2.11. The first kappa shape index (κ1) is 15.8. The minimum Gasteiger partial charge on any atom is -0.383 e. The number of allylic oxidation sites excluding steroid dienone is 1.